The van der Waals surface area contributed by atoms with Crippen molar-refractivity contribution in [3.8, 4) is 11.8 Å². The summed E-state index contributed by atoms with van der Waals surface area (Å²) < 4.78 is 33.2. The molecule has 0 aliphatic carbocycles. The van der Waals surface area contributed by atoms with Crippen LogP contribution in [-0.4, -0.2) is 6.18 Å². The van der Waals surface area contributed by atoms with Crippen LogP contribution in [0.2, 0.25) is 0 Å². The van der Waals surface area contributed by atoms with Crippen molar-refractivity contribution >= 4 is 0 Å². The fraction of sp³-hybridized carbons (Fsp3) is 0.600. The van der Waals surface area contributed by atoms with Gasteiger partial charge in [-0.3, -0.25) is 0 Å². The van der Waals surface area contributed by atoms with Gasteiger partial charge in [0.05, 0.1) is 0 Å². The van der Waals surface area contributed by atoms with Crippen LogP contribution in [0.5, 0.6) is 0 Å². The Hall–Kier alpha value is -0.650. The summed E-state index contributed by atoms with van der Waals surface area (Å²) in [6.07, 6.45) is -4.06. The number of hydrogen-bond donors (Lipinski definition) is 0. The first-order valence-electron chi connectivity index (χ1n) is 2.13. The second kappa shape index (κ2) is 2.61. The minimum absolute atomic E-state index is 0.250. The molecule has 0 spiro atoms. The van der Waals surface area contributed by atoms with Crippen molar-refractivity contribution in [3.63, 3.8) is 0 Å². The van der Waals surface area contributed by atoms with Gasteiger partial charge >= 0.3 is 6.18 Å². The van der Waals surface area contributed by atoms with Gasteiger partial charge in [0.1, 0.15) is 0 Å². The molecular formula is C5H5F3. The highest BCUT2D eigenvalue weighted by atomic mass is 19.4. The maximum atomic E-state index is 11.1. The molecule has 0 amide bonds. The zero-order valence-electron chi connectivity index (χ0n) is 4.34. The first-order chi connectivity index (χ1) is 3.56. The van der Waals surface area contributed by atoms with Gasteiger partial charge in [-0.1, -0.05) is 12.8 Å². The van der Waals surface area contributed by atoms with Crippen LogP contribution in [0.15, 0.2) is 0 Å². The molecule has 0 aromatic rings. The summed E-state index contributed by atoms with van der Waals surface area (Å²) in [5.41, 5.74) is 0. The maximum Gasteiger partial charge on any atom is 0.457 e. The zero-order valence-corrected chi connectivity index (χ0v) is 4.34. The summed E-state index contributed by atoms with van der Waals surface area (Å²) in [7, 11) is 0. The van der Waals surface area contributed by atoms with Gasteiger partial charge in [0, 0.05) is 12.3 Å². The molecule has 3 heteroatoms. The van der Waals surface area contributed by atoms with E-state index < -0.39 is 6.18 Å². The quantitative estimate of drug-likeness (QED) is 0.431. The van der Waals surface area contributed by atoms with E-state index in [2.05, 4.69) is 0 Å². The van der Waals surface area contributed by atoms with Crippen LogP contribution < -0.4 is 0 Å². The number of alkyl halides is 3. The fourth-order valence-corrected chi connectivity index (χ4v) is 0.189. The highest BCUT2D eigenvalue weighted by Gasteiger charge is 2.22. The third-order valence-corrected chi connectivity index (χ3v) is 0.407. The normalized spacial score (nSPS) is 10.0. The van der Waals surface area contributed by atoms with Crippen molar-refractivity contribution in [2.75, 3.05) is 0 Å². The van der Waals surface area contributed by atoms with E-state index in [1.807, 2.05) is 5.92 Å². The third kappa shape index (κ3) is 5.35. The van der Waals surface area contributed by atoms with E-state index in [-0.39, 0.29) is 6.42 Å². The van der Waals surface area contributed by atoms with Gasteiger partial charge in [0.2, 0.25) is 0 Å². The summed E-state index contributed by atoms with van der Waals surface area (Å²) in [5, 5.41) is 0. The third-order valence-electron chi connectivity index (χ3n) is 0.407. The van der Waals surface area contributed by atoms with Crippen molar-refractivity contribution in [1.82, 2.24) is 0 Å². The van der Waals surface area contributed by atoms with E-state index in [1.54, 1.807) is 6.92 Å². The first kappa shape index (κ1) is 7.35. The van der Waals surface area contributed by atoms with E-state index in [1.165, 1.54) is 0 Å². The van der Waals surface area contributed by atoms with Gasteiger partial charge in [0.25, 0.3) is 0 Å². The predicted molar refractivity (Wildman–Crippen MR) is 24.1 cm³/mol. The van der Waals surface area contributed by atoms with Crippen LogP contribution in [0, 0.1) is 11.8 Å². The first-order valence-corrected chi connectivity index (χ1v) is 2.13. The van der Waals surface area contributed by atoms with Crippen LogP contribution in [0.1, 0.15) is 13.3 Å². The average molecular weight is 122 g/mol. The lowest BCUT2D eigenvalue weighted by Crippen LogP contribution is -2.00. The van der Waals surface area contributed by atoms with Gasteiger partial charge in [-0.25, -0.2) is 0 Å². The summed E-state index contributed by atoms with van der Waals surface area (Å²) in [5.74, 6) is 3.03. The predicted octanol–water partition coefficient (Wildman–Crippen LogP) is 1.96. The molecule has 0 fully saturated rings. The van der Waals surface area contributed by atoms with Crippen LogP contribution in [0.25, 0.3) is 0 Å². The molecule has 0 saturated carbocycles. The Morgan fingerprint density at radius 2 is 1.88 bits per heavy atom. The SMILES string of the molecule is CCC#CC(F)(F)F. The Labute approximate surface area is 45.7 Å². The van der Waals surface area contributed by atoms with Gasteiger partial charge < -0.3 is 0 Å². The van der Waals surface area contributed by atoms with Gasteiger partial charge in [0.15, 0.2) is 0 Å². The van der Waals surface area contributed by atoms with E-state index in [0.717, 1.165) is 5.92 Å². The van der Waals surface area contributed by atoms with E-state index in [9.17, 15) is 13.2 Å². The summed E-state index contributed by atoms with van der Waals surface area (Å²) >= 11 is 0. The van der Waals surface area contributed by atoms with Crippen molar-refractivity contribution < 1.29 is 13.2 Å². The molecule has 0 aromatic heterocycles. The second-order valence-corrected chi connectivity index (χ2v) is 1.15. The lowest BCUT2D eigenvalue weighted by Gasteiger charge is -1.90. The van der Waals surface area contributed by atoms with Crippen molar-refractivity contribution in [2.24, 2.45) is 0 Å². The summed E-state index contributed by atoms with van der Waals surface area (Å²) in [4.78, 5) is 0. The molecule has 8 heavy (non-hydrogen) atoms. The van der Waals surface area contributed by atoms with Gasteiger partial charge in [-0.15, -0.1) is 0 Å². The smallest absolute Gasteiger partial charge is 0.159 e. The summed E-state index contributed by atoms with van der Waals surface area (Å²) in [6.45, 7) is 1.57. The monoisotopic (exact) mass is 122 g/mol. The van der Waals surface area contributed by atoms with E-state index >= 15 is 0 Å². The van der Waals surface area contributed by atoms with Crippen molar-refractivity contribution in [2.45, 2.75) is 19.5 Å². The molecule has 0 radical (unpaired) electrons. The molecule has 0 bridgehead atoms. The molecule has 0 nitrogen and oxygen atoms in total. The fourth-order valence-electron chi connectivity index (χ4n) is 0.189. The molecule has 0 aromatic carbocycles. The molecule has 0 N–H and O–H groups in total. The maximum absolute atomic E-state index is 11.1. The number of rotatable bonds is 0. The Morgan fingerprint density at radius 3 is 2.00 bits per heavy atom. The molecule has 46 valence electrons. The highest BCUT2D eigenvalue weighted by Crippen LogP contribution is 2.11. The minimum Gasteiger partial charge on any atom is -0.159 e. The molecule has 0 aliphatic rings. The van der Waals surface area contributed by atoms with Gasteiger partial charge in [-0.2, -0.15) is 13.2 Å². The molecule has 0 atom stereocenters. The van der Waals surface area contributed by atoms with Gasteiger partial charge in [-0.05, 0) is 0 Å². The molecule has 0 saturated heterocycles. The standard InChI is InChI=1S/C5H5F3/c1-2-3-4-5(6,7)8/h2H2,1H3. The number of hydrogen-bond acceptors (Lipinski definition) is 0. The lowest BCUT2D eigenvalue weighted by atomic mass is 10.5. The Bertz CT molecular complexity index is 112. The van der Waals surface area contributed by atoms with Crippen LogP contribution in [0.3, 0.4) is 0 Å². The van der Waals surface area contributed by atoms with E-state index in [0.29, 0.717) is 0 Å². The molecule has 0 unspecified atom stereocenters. The highest BCUT2D eigenvalue weighted by molar-refractivity contribution is 5.03. The lowest BCUT2D eigenvalue weighted by molar-refractivity contribution is -0.0697. The Balaban J connectivity index is 3.69. The van der Waals surface area contributed by atoms with E-state index in [4.69, 9.17) is 0 Å². The molecule has 0 rings (SSSR count). The zero-order chi connectivity index (χ0) is 6.62. The Morgan fingerprint density at radius 1 is 1.38 bits per heavy atom. The molecule has 0 aliphatic heterocycles. The van der Waals surface area contributed by atoms with Crippen LogP contribution in [-0.2, 0) is 0 Å². The topological polar surface area (TPSA) is 0 Å². The van der Waals surface area contributed by atoms with Crippen LogP contribution >= 0.6 is 0 Å². The molecule has 0 heterocycles. The van der Waals surface area contributed by atoms with Crippen LogP contribution in [0.4, 0.5) is 13.2 Å². The van der Waals surface area contributed by atoms with Crippen molar-refractivity contribution in [3.05, 3.63) is 0 Å². The Kier molecular flexibility index (Phi) is 2.40. The molecular weight excluding hydrogens is 117 g/mol. The number of halogens is 3. The second-order valence-electron chi connectivity index (χ2n) is 1.15. The van der Waals surface area contributed by atoms with Crippen molar-refractivity contribution in [1.29, 1.82) is 0 Å². The largest absolute Gasteiger partial charge is 0.457 e. The minimum atomic E-state index is -4.31. The average Bonchev–Trinajstić information content (AvgIpc) is 1.59. The summed E-state index contributed by atoms with van der Waals surface area (Å²) in [6, 6.07) is 0.